The fourth-order valence-electron chi connectivity index (χ4n) is 2.98. The van der Waals surface area contributed by atoms with Gasteiger partial charge in [0.05, 0.1) is 17.7 Å². The van der Waals surface area contributed by atoms with E-state index in [-0.39, 0.29) is 5.69 Å². The van der Waals surface area contributed by atoms with Crippen LogP contribution in [0.15, 0.2) is 60.9 Å². The zero-order valence-corrected chi connectivity index (χ0v) is 15.1. The molecule has 0 fully saturated rings. The summed E-state index contributed by atoms with van der Waals surface area (Å²) in [6.45, 7) is 0. The molecule has 0 radical (unpaired) electrons. The van der Waals surface area contributed by atoms with Crippen molar-refractivity contribution in [2.75, 3.05) is 7.11 Å². The topological polar surface area (TPSA) is 85.5 Å². The van der Waals surface area contributed by atoms with Gasteiger partial charge in [-0.15, -0.1) is 0 Å². The molecular weight excluding hydrogens is 364 g/mol. The minimum absolute atomic E-state index is 0.0386. The minimum Gasteiger partial charge on any atom is -0.496 e. The van der Waals surface area contributed by atoms with Gasteiger partial charge in [-0.05, 0) is 42.0 Å². The number of nitrogens with zero attached hydrogens (tertiary/aromatic N) is 3. The number of methoxy groups -OCH3 is 1. The van der Waals surface area contributed by atoms with Crippen molar-refractivity contribution in [2.45, 2.75) is 0 Å². The van der Waals surface area contributed by atoms with Crippen molar-refractivity contribution in [2.24, 2.45) is 0 Å². The molecule has 1 N–H and O–H groups in total. The molecule has 0 unspecified atom stereocenters. The number of ether oxygens (including phenoxy) is 1. The standard InChI is InChI=1S/C19H14N4O3S/c1-26-17-5-3-2-4-14(17)16-11-22-18(21-16)15(10-20-19(22)27)12-6-8-13(9-7-12)23(24)25/h2-11,21H,1H3. The Labute approximate surface area is 159 Å². The van der Waals surface area contributed by atoms with Crippen molar-refractivity contribution >= 4 is 23.6 Å². The van der Waals surface area contributed by atoms with Crippen molar-refractivity contribution in [3.8, 4) is 28.1 Å². The molecule has 4 aromatic rings. The molecule has 0 aliphatic rings. The normalized spacial score (nSPS) is 10.9. The van der Waals surface area contributed by atoms with Gasteiger partial charge in [-0.1, -0.05) is 12.1 Å². The summed E-state index contributed by atoms with van der Waals surface area (Å²) in [4.78, 5) is 18.1. The van der Waals surface area contributed by atoms with Gasteiger partial charge in [-0.2, -0.15) is 0 Å². The number of non-ortho nitro benzene ring substituents is 1. The van der Waals surface area contributed by atoms with Crippen molar-refractivity contribution < 1.29 is 9.66 Å². The summed E-state index contributed by atoms with van der Waals surface area (Å²) in [5, 5.41) is 10.9. The van der Waals surface area contributed by atoms with Crippen molar-refractivity contribution in [3.05, 3.63) is 75.8 Å². The molecule has 27 heavy (non-hydrogen) atoms. The number of para-hydroxylation sites is 1. The Morgan fingerprint density at radius 1 is 1.15 bits per heavy atom. The number of hydrogen-bond donors (Lipinski definition) is 1. The molecule has 8 heteroatoms. The van der Waals surface area contributed by atoms with Gasteiger partial charge < -0.3 is 9.72 Å². The van der Waals surface area contributed by atoms with Crippen LogP contribution in [0.25, 0.3) is 28.0 Å². The third-order valence-electron chi connectivity index (χ3n) is 4.30. The summed E-state index contributed by atoms with van der Waals surface area (Å²) in [7, 11) is 1.62. The van der Waals surface area contributed by atoms with Crippen LogP contribution in [0.5, 0.6) is 5.75 Å². The maximum Gasteiger partial charge on any atom is 0.269 e. The average Bonchev–Trinajstić information content (AvgIpc) is 3.14. The number of benzene rings is 2. The van der Waals surface area contributed by atoms with Crippen LogP contribution in [0.4, 0.5) is 5.69 Å². The molecule has 0 atom stereocenters. The van der Waals surface area contributed by atoms with Gasteiger partial charge in [0, 0.05) is 35.7 Å². The highest BCUT2D eigenvalue weighted by Gasteiger charge is 2.13. The molecule has 0 saturated carbocycles. The molecule has 4 rings (SSSR count). The second kappa shape index (κ2) is 6.65. The Morgan fingerprint density at radius 2 is 1.89 bits per heavy atom. The molecule has 0 spiro atoms. The van der Waals surface area contributed by atoms with Gasteiger partial charge in [-0.3, -0.25) is 14.5 Å². The van der Waals surface area contributed by atoms with E-state index < -0.39 is 4.92 Å². The molecule has 2 aromatic heterocycles. The largest absolute Gasteiger partial charge is 0.496 e. The Hall–Kier alpha value is -3.52. The number of hydrogen-bond acceptors (Lipinski definition) is 5. The number of nitro benzene ring substituents is 1. The van der Waals surface area contributed by atoms with E-state index in [0.29, 0.717) is 4.77 Å². The van der Waals surface area contributed by atoms with Crippen LogP contribution in [0.2, 0.25) is 0 Å². The number of rotatable bonds is 4. The first-order valence-corrected chi connectivity index (χ1v) is 8.48. The lowest BCUT2D eigenvalue weighted by molar-refractivity contribution is -0.384. The SMILES string of the molecule is COc1ccccc1-c1cn2c(=S)ncc(-c3ccc([N+](=O)[O-])cc3)c2[nH]1. The Balaban J connectivity index is 1.91. The number of nitro groups is 1. The summed E-state index contributed by atoms with van der Waals surface area (Å²) in [5.41, 5.74) is 4.11. The Bertz CT molecular complexity index is 1210. The Morgan fingerprint density at radius 3 is 2.59 bits per heavy atom. The van der Waals surface area contributed by atoms with Crippen LogP contribution >= 0.6 is 12.2 Å². The number of fused-ring (bicyclic) bond motifs is 1. The molecule has 134 valence electrons. The third kappa shape index (κ3) is 2.96. The average molecular weight is 378 g/mol. The molecule has 0 saturated heterocycles. The second-order valence-corrected chi connectivity index (χ2v) is 6.21. The van der Waals surface area contributed by atoms with Gasteiger partial charge in [0.1, 0.15) is 11.4 Å². The van der Waals surface area contributed by atoms with Crippen molar-refractivity contribution in [1.29, 1.82) is 0 Å². The zero-order valence-electron chi connectivity index (χ0n) is 14.2. The molecular formula is C19H14N4O3S. The Kier molecular flexibility index (Phi) is 4.17. The molecule has 7 nitrogen and oxygen atoms in total. The number of imidazole rings is 1. The maximum absolute atomic E-state index is 10.9. The molecule has 0 amide bonds. The van der Waals surface area contributed by atoms with E-state index in [2.05, 4.69) is 9.97 Å². The highest BCUT2D eigenvalue weighted by atomic mass is 32.1. The van der Waals surface area contributed by atoms with Crippen LogP contribution in [-0.2, 0) is 0 Å². The quantitative estimate of drug-likeness (QED) is 0.318. The van der Waals surface area contributed by atoms with Crippen molar-refractivity contribution in [1.82, 2.24) is 14.4 Å². The number of aromatic nitrogens is 3. The van der Waals surface area contributed by atoms with Crippen LogP contribution in [0, 0.1) is 14.9 Å². The molecule has 0 aliphatic carbocycles. The summed E-state index contributed by atoms with van der Waals surface area (Å²) in [6, 6.07) is 14.0. The third-order valence-corrected chi connectivity index (χ3v) is 4.61. The number of H-pyrrole nitrogens is 1. The fourth-order valence-corrected chi connectivity index (χ4v) is 3.18. The predicted octanol–water partition coefficient (Wildman–Crippen LogP) is 4.64. The van der Waals surface area contributed by atoms with Gasteiger partial charge in [0.15, 0.2) is 0 Å². The van der Waals surface area contributed by atoms with Gasteiger partial charge in [0.25, 0.3) is 5.69 Å². The first kappa shape index (κ1) is 16.9. The summed E-state index contributed by atoms with van der Waals surface area (Å²) >= 11 is 5.35. The van der Waals surface area contributed by atoms with E-state index in [0.717, 1.165) is 33.8 Å². The van der Waals surface area contributed by atoms with E-state index in [1.54, 1.807) is 29.8 Å². The van der Waals surface area contributed by atoms with E-state index in [1.807, 2.05) is 30.5 Å². The highest BCUT2D eigenvalue weighted by Crippen LogP contribution is 2.32. The van der Waals surface area contributed by atoms with E-state index in [4.69, 9.17) is 17.0 Å². The van der Waals surface area contributed by atoms with Crippen LogP contribution < -0.4 is 4.74 Å². The van der Waals surface area contributed by atoms with E-state index in [1.165, 1.54) is 12.1 Å². The summed E-state index contributed by atoms with van der Waals surface area (Å²) in [6.07, 6.45) is 3.54. The highest BCUT2D eigenvalue weighted by molar-refractivity contribution is 7.71. The lowest BCUT2D eigenvalue weighted by Gasteiger charge is -2.05. The van der Waals surface area contributed by atoms with Crippen LogP contribution in [0.3, 0.4) is 0 Å². The van der Waals surface area contributed by atoms with Gasteiger partial charge in [-0.25, -0.2) is 4.98 Å². The van der Waals surface area contributed by atoms with Gasteiger partial charge >= 0.3 is 0 Å². The maximum atomic E-state index is 10.9. The predicted molar refractivity (Wildman–Crippen MR) is 104 cm³/mol. The molecule has 0 aliphatic heterocycles. The molecule has 2 aromatic carbocycles. The lowest BCUT2D eigenvalue weighted by Crippen LogP contribution is -1.93. The number of aromatic amines is 1. The zero-order chi connectivity index (χ0) is 19.0. The molecule has 0 bridgehead atoms. The smallest absolute Gasteiger partial charge is 0.269 e. The first-order valence-electron chi connectivity index (χ1n) is 8.07. The van der Waals surface area contributed by atoms with Crippen LogP contribution in [-0.4, -0.2) is 26.4 Å². The van der Waals surface area contributed by atoms with Crippen LogP contribution in [0.1, 0.15) is 0 Å². The second-order valence-electron chi connectivity index (χ2n) is 5.85. The monoisotopic (exact) mass is 378 g/mol. The van der Waals surface area contributed by atoms with E-state index >= 15 is 0 Å². The summed E-state index contributed by atoms with van der Waals surface area (Å²) in [5.74, 6) is 0.736. The van der Waals surface area contributed by atoms with E-state index in [9.17, 15) is 10.1 Å². The van der Waals surface area contributed by atoms with Crippen molar-refractivity contribution in [3.63, 3.8) is 0 Å². The van der Waals surface area contributed by atoms with Gasteiger partial charge in [0.2, 0.25) is 4.77 Å². The summed E-state index contributed by atoms with van der Waals surface area (Å²) < 4.78 is 7.64. The first-order chi connectivity index (χ1) is 13.1. The lowest BCUT2D eigenvalue weighted by atomic mass is 10.1. The molecule has 2 heterocycles. The number of nitrogens with one attached hydrogen (secondary N) is 1. The minimum atomic E-state index is -0.423. The fraction of sp³-hybridized carbons (Fsp3) is 0.0526.